The summed E-state index contributed by atoms with van der Waals surface area (Å²) in [5.74, 6) is 3.21. The number of hydrogen-bond donors (Lipinski definition) is 1. The van der Waals surface area contributed by atoms with E-state index in [2.05, 4.69) is 24.1 Å². The predicted octanol–water partition coefficient (Wildman–Crippen LogP) is 2.89. The maximum absolute atomic E-state index is 3.71. The van der Waals surface area contributed by atoms with Gasteiger partial charge >= 0.3 is 0 Å². The molecule has 2 heteroatoms. The summed E-state index contributed by atoms with van der Waals surface area (Å²) in [7, 11) is 0. The highest BCUT2D eigenvalue weighted by molar-refractivity contribution is 4.92. The Morgan fingerprint density at radius 2 is 2.06 bits per heavy atom. The van der Waals surface area contributed by atoms with Gasteiger partial charge in [-0.1, -0.05) is 13.3 Å². The lowest BCUT2D eigenvalue weighted by molar-refractivity contribution is 0.146. The van der Waals surface area contributed by atoms with Crippen LogP contribution in [0.3, 0.4) is 0 Å². The SMILES string of the molecule is CCC1CN(CC2CC3CCC2C3)C(C)CCN1. The van der Waals surface area contributed by atoms with E-state index in [0.29, 0.717) is 0 Å². The standard InChI is InChI=1S/C16H30N2/c1-3-16-11-18(12(2)6-7-17-16)10-15-9-13-4-5-14(15)8-13/h12-17H,3-11H2,1-2H3. The quantitative estimate of drug-likeness (QED) is 0.828. The molecular weight excluding hydrogens is 220 g/mol. The minimum atomic E-state index is 0.730. The van der Waals surface area contributed by atoms with Crippen LogP contribution in [0.5, 0.6) is 0 Å². The molecule has 0 amide bonds. The van der Waals surface area contributed by atoms with Gasteiger partial charge in [0.25, 0.3) is 0 Å². The molecule has 2 aliphatic carbocycles. The summed E-state index contributed by atoms with van der Waals surface area (Å²) in [5, 5.41) is 3.71. The minimum Gasteiger partial charge on any atom is -0.313 e. The van der Waals surface area contributed by atoms with Gasteiger partial charge in [0.05, 0.1) is 0 Å². The molecule has 1 heterocycles. The Morgan fingerprint density at radius 3 is 2.72 bits per heavy atom. The smallest absolute Gasteiger partial charge is 0.0192 e. The van der Waals surface area contributed by atoms with Gasteiger partial charge in [-0.3, -0.25) is 4.90 Å². The fourth-order valence-electron chi connectivity index (χ4n) is 4.64. The summed E-state index contributed by atoms with van der Waals surface area (Å²) in [6.45, 7) is 8.65. The third kappa shape index (κ3) is 2.60. The van der Waals surface area contributed by atoms with Crippen LogP contribution in [0.4, 0.5) is 0 Å². The molecule has 0 aromatic heterocycles. The predicted molar refractivity (Wildman–Crippen MR) is 76.7 cm³/mol. The molecular formula is C16H30N2. The van der Waals surface area contributed by atoms with Crippen LogP contribution in [-0.4, -0.2) is 36.6 Å². The Hall–Kier alpha value is -0.0800. The Bertz CT molecular complexity index is 278. The number of hydrogen-bond acceptors (Lipinski definition) is 2. The van der Waals surface area contributed by atoms with Crippen LogP contribution in [0.25, 0.3) is 0 Å². The number of nitrogens with zero attached hydrogens (tertiary/aromatic N) is 1. The second-order valence-electron chi connectivity index (χ2n) is 7.09. The molecule has 2 nitrogen and oxygen atoms in total. The molecule has 2 bridgehead atoms. The van der Waals surface area contributed by atoms with Crippen molar-refractivity contribution in [2.24, 2.45) is 17.8 Å². The van der Waals surface area contributed by atoms with Crippen molar-refractivity contribution in [1.82, 2.24) is 10.2 Å². The molecule has 5 atom stereocenters. The van der Waals surface area contributed by atoms with Gasteiger partial charge in [-0.25, -0.2) is 0 Å². The maximum Gasteiger partial charge on any atom is 0.0192 e. The van der Waals surface area contributed by atoms with E-state index in [9.17, 15) is 0 Å². The van der Waals surface area contributed by atoms with E-state index in [-0.39, 0.29) is 0 Å². The van der Waals surface area contributed by atoms with Gasteiger partial charge in [-0.2, -0.15) is 0 Å². The summed E-state index contributed by atoms with van der Waals surface area (Å²) in [6.07, 6.45) is 8.78. The first-order chi connectivity index (χ1) is 8.76. The molecule has 3 fully saturated rings. The molecule has 1 N–H and O–H groups in total. The average molecular weight is 250 g/mol. The number of nitrogens with one attached hydrogen (secondary N) is 1. The summed E-state index contributed by atoms with van der Waals surface area (Å²) in [4.78, 5) is 2.81. The summed E-state index contributed by atoms with van der Waals surface area (Å²) >= 11 is 0. The second-order valence-corrected chi connectivity index (χ2v) is 7.09. The monoisotopic (exact) mass is 250 g/mol. The summed E-state index contributed by atoms with van der Waals surface area (Å²) in [5.41, 5.74) is 0. The fraction of sp³-hybridized carbons (Fsp3) is 1.00. The van der Waals surface area contributed by atoms with Crippen LogP contribution in [0, 0.1) is 17.8 Å². The highest BCUT2D eigenvalue weighted by atomic mass is 15.2. The molecule has 3 rings (SSSR count). The first-order valence-corrected chi connectivity index (χ1v) is 8.23. The Labute approximate surface area is 113 Å². The highest BCUT2D eigenvalue weighted by Crippen LogP contribution is 2.48. The van der Waals surface area contributed by atoms with E-state index in [4.69, 9.17) is 0 Å². The van der Waals surface area contributed by atoms with E-state index < -0.39 is 0 Å². The van der Waals surface area contributed by atoms with Crippen molar-refractivity contribution in [1.29, 1.82) is 0 Å². The topological polar surface area (TPSA) is 15.3 Å². The van der Waals surface area contributed by atoms with Crippen LogP contribution in [-0.2, 0) is 0 Å². The van der Waals surface area contributed by atoms with Crippen molar-refractivity contribution in [3.8, 4) is 0 Å². The van der Waals surface area contributed by atoms with Crippen molar-refractivity contribution in [3.63, 3.8) is 0 Å². The normalized spacial score (nSPS) is 45.3. The third-order valence-electron chi connectivity index (χ3n) is 5.92. The fourth-order valence-corrected chi connectivity index (χ4v) is 4.64. The van der Waals surface area contributed by atoms with E-state index in [0.717, 1.165) is 29.8 Å². The van der Waals surface area contributed by atoms with Crippen molar-refractivity contribution >= 4 is 0 Å². The zero-order chi connectivity index (χ0) is 12.5. The molecule has 1 aliphatic heterocycles. The maximum atomic E-state index is 3.71. The Balaban J connectivity index is 1.59. The van der Waals surface area contributed by atoms with Crippen LogP contribution in [0.15, 0.2) is 0 Å². The van der Waals surface area contributed by atoms with Gasteiger partial charge in [-0.15, -0.1) is 0 Å². The number of rotatable bonds is 3. The largest absolute Gasteiger partial charge is 0.313 e. The molecule has 1 saturated heterocycles. The van der Waals surface area contributed by atoms with E-state index >= 15 is 0 Å². The molecule has 0 radical (unpaired) electrons. The molecule has 104 valence electrons. The molecule has 0 spiro atoms. The van der Waals surface area contributed by atoms with Gasteiger partial charge < -0.3 is 5.32 Å². The summed E-state index contributed by atoms with van der Waals surface area (Å²) < 4.78 is 0. The van der Waals surface area contributed by atoms with E-state index in [1.54, 1.807) is 6.42 Å². The van der Waals surface area contributed by atoms with Gasteiger partial charge in [0, 0.05) is 25.2 Å². The minimum absolute atomic E-state index is 0.730. The second kappa shape index (κ2) is 5.50. The Kier molecular flexibility index (Phi) is 3.95. The first kappa shape index (κ1) is 12.9. The van der Waals surface area contributed by atoms with Crippen molar-refractivity contribution in [2.45, 2.75) is 64.5 Å². The van der Waals surface area contributed by atoms with Crippen molar-refractivity contribution < 1.29 is 0 Å². The lowest BCUT2D eigenvalue weighted by Crippen LogP contribution is -2.42. The molecule has 0 aromatic carbocycles. The van der Waals surface area contributed by atoms with Crippen LogP contribution < -0.4 is 5.32 Å². The zero-order valence-electron chi connectivity index (χ0n) is 12.2. The molecule has 3 aliphatic rings. The van der Waals surface area contributed by atoms with E-state index in [1.165, 1.54) is 51.7 Å². The Morgan fingerprint density at radius 1 is 1.17 bits per heavy atom. The van der Waals surface area contributed by atoms with Gasteiger partial charge in [0.1, 0.15) is 0 Å². The lowest BCUT2D eigenvalue weighted by Gasteiger charge is -2.34. The van der Waals surface area contributed by atoms with Crippen LogP contribution >= 0.6 is 0 Å². The molecule has 18 heavy (non-hydrogen) atoms. The van der Waals surface area contributed by atoms with Gasteiger partial charge in [-0.05, 0) is 63.3 Å². The number of fused-ring (bicyclic) bond motifs is 2. The molecule has 0 aromatic rings. The van der Waals surface area contributed by atoms with Gasteiger partial charge in [0.15, 0.2) is 0 Å². The van der Waals surface area contributed by atoms with Crippen molar-refractivity contribution in [3.05, 3.63) is 0 Å². The highest BCUT2D eigenvalue weighted by Gasteiger charge is 2.40. The first-order valence-electron chi connectivity index (χ1n) is 8.23. The van der Waals surface area contributed by atoms with Crippen LogP contribution in [0.2, 0.25) is 0 Å². The van der Waals surface area contributed by atoms with Gasteiger partial charge in [0.2, 0.25) is 0 Å². The molecule has 2 saturated carbocycles. The van der Waals surface area contributed by atoms with Crippen LogP contribution in [0.1, 0.15) is 52.4 Å². The van der Waals surface area contributed by atoms with Crippen molar-refractivity contribution in [2.75, 3.05) is 19.6 Å². The average Bonchev–Trinajstić information content (AvgIpc) is 2.93. The van der Waals surface area contributed by atoms with E-state index in [1.807, 2.05) is 0 Å². The molecule has 5 unspecified atom stereocenters. The lowest BCUT2D eigenvalue weighted by atomic mass is 9.88. The summed E-state index contributed by atoms with van der Waals surface area (Å²) in [6, 6.07) is 1.52. The zero-order valence-corrected chi connectivity index (χ0v) is 12.2. The third-order valence-corrected chi connectivity index (χ3v) is 5.92.